The van der Waals surface area contributed by atoms with Crippen molar-refractivity contribution in [2.45, 2.75) is 19.0 Å². The number of aromatic nitrogens is 1. The number of carbonyl (C=O) groups is 2. The van der Waals surface area contributed by atoms with Crippen molar-refractivity contribution < 1.29 is 19.2 Å². The van der Waals surface area contributed by atoms with E-state index >= 15 is 0 Å². The highest BCUT2D eigenvalue weighted by atomic mass is 16.5. The lowest BCUT2D eigenvalue weighted by molar-refractivity contribution is -0.137. The Morgan fingerprint density at radius 2 is 2.00 bits per heavy atom. The Labute approximate surface area is 120 Å². The molecule has 7 heteroatoms. The molecule has 2 aromatic rings. The SMILES string of the molecule is O=C(O)CC(NC(=O)NCc1ccno1)c1ccccc1. The van der Waals surface area contributed by atoms with Gasteiger partial charge in [-0.1, -0.05) is 35.5 Å². The highest BCUT2D eigenvalue weighted by Crippen LogP contribution is 2.16. The summed E-state index contributed by atoms with van der Waals surface area (Å²) in [6.45, 7) is 0.181. The van der Waals surface area contributed by atoms with Crippen molar-refractivity contribution in [2.24, 2.45) is 0 Å². The number of rotatable bonds is 6. The normalized spacial score (nSPS) is 11.6. The van der Waals surface area contributed by atoms with Gasteiger partial charge < -0.3 is 20.3 Å². The number of carboxylic acids is 1. The number of aliphatic carboxylic acids is 1. The van der Waals surface area contributed by atoms with Gasteiger partial charge in [0.1, 0.15) is 0 Å². The van der Waals surface area contributed by atoms with Crippen LogP contribution in [0, 0.1) is 0 Å². The topological polar surface area (TPSA) is 104 Å². The molecule has 1 aromatic carbocycles. The quantitative estimate of drug-likeness (QED) is 0.750. The Morgan fingerprint density at radius 1 is 1.24 bits per heavy atom. The molecule has 0 saturated carbocycles. The highest BCUT2D eigenvalue weighted by Gasteiger charge is 2.17. The van der Waals surface area contributed by atoms with Crippen molar-refractivity contribution in [1.29, 1.82) is 0 Å². The largest absolute Gasteiger partial charge is 0.481 e. The van der Waals surface area contributed by atoms with Gasteiger partial charge in [-0.25, -0.2) is 4.79 Å². The summed E-state index contributed by atoms with van der Waals surface area (Å²) in [7, 11) is 0. The molecule has 7 nitrogen and oxygen atoms in total. The average Bonchev–Trinajstić information content (AvgIpc) is 2.98. The van der Waals surface area contributed by atoms with Crippen LogP contribution in [0.3, 0.4) is 0 Å². The van der Waals surface area contributed by atoms with Gasteiger partial charge in [0.05, 0.1) is 25.2 Å². The van der Waals surface area contributed by atoms with Gasteiger partial charge in [-0.15, -0.1) is 0 Å². The lowest BCUT2D eigenvalue weighted by atomic mass is 10.0. The second kappa shape index (κ2) is 7.09. The van der Waals surface area contributed by atoms with Crippen molar-refractivity contribution in [3.8, 4) is 0 Å². The minimum atomic E-state index is -0.987. The zero-order chi connectivity index (χ0) is 15.1. The van der Waals surface area contributed by atoms with Gasteiger partial charge in [0.2, 0.25) is 0 Å². The van der Waals surface area contributed by atoms with Crippen LogP contribution in [0.4, 0.5) is 4.79 Å². The van der Waals surface area contributed by atoms with Crippen molar-refractivity contribution in [3.63, 3.8) is 0 Å². The number of carbonyl (C=O) groups excluding carboxylic acids is 1. The van der Waals surface area contributed by atoms with Crippen LogP contribution in [0.2, 0.25) is 0 Å². The third-order valence-corrected chi connectivity index (χ3v) is 2.80. The Morgan fingerprint density at radius 3 is 2.62 bits per heavy atom. The molecular formula is C14H15N3O4. The van der Waals surface area contributed by atoms with E-state index in [1.165, 1.54) is 6.20 Å². The van der Waals surface area contributed by atoms with Gasteiger partial charge in [-0.3, -0.25) is 4.79 Å². The number of nitrogens with zero attached hydrogens (tertiary/aromatic N) is 1. The monoisotopic (exact) mass is 289 g/mol. The molecule has 0 radical (unpaired) electrons. The van der Waals surface area contributed by atoms with Gasteiger partial charge in [-0.2, -0.15) is 0 Å². The first-order valence-corrected chi connectivity index (χ1v) is 6.36. The van der Waals surface area contributed by atoms with E-state index in [2.05, 4.69) is 15.8 Å². The smallest absolute Gasteiger partial charge is 0.315 e. The van der Waals surface area contributed by atoms with Gasteiger partial charge in [0.25, 0.3) is 0 Å². The standard InChI is InChI=1S/C14H15N3O4/c18-13(19)8-12(10-4-2-1-3-5-10)17-14(20)15-9-11-6-7-16-21-11/h1-7,12H,8-9H2,(H,18,19)(H2,15,17,20). The molecule has 0 aliphatic heterocycles. The van der Waals surface area contributed by atoms with E-state index in [-0.39, 0.29) is 13.0 Å². The van der Waals surface area contributed by atoms with Crippen LogP contribution in [-0.2, 0) is 11.3 Å². The van der Waals surface area contributed by atoms with Crippen molar-refractivity contribution in [2.75, 3.05) is 0 Å². The summed E-state index contributed by atoms with van der Waals surface area (Å²) in [4.78, 5) is 22.7. The zero-order valence-corrected chi connectivity index (χ0v) is 11.2. The van der Waals surface area contributed by atoms with Gasteiger partial charge in [0, 0.05) is 6.07 Å². The van der Waals surface area contributed by atoms with Crippen molar-refractivity contribution in [3.05, 3.63) is 53.9 Å². The molecule has 0 fully saturated rings. The number of nitrogens with one attached hydrogen (secondary N) is 2. The van der Waals surface area contributed by atoms with Crippen LogP contribution in [0.25, 0.3) is 0 Å². The first-order valence-electron chi connectivity index (χ1n) is 6.36. The van der Waals surface area contributed by atoms with E-state index in [0.29, 0.717) is 5.76 Å². The lowest BCUT2D eigenvalue weighted by Crippen LogP contribution is -2.38. The molecule has 2 rings (SSSR count). The summed E-state index contributed by atoms with van der Waals surface area (Å²) in [6.07, 6.45) is 1.28. The van der Waals surface area contributed by atoms with Crippen LogP contribution in [0.1, 0.15) is 23.8 Å². The highest BCUT2D eigenvalue weighted by molar-refractivity contribution is 5.76. The van der Waals surface area contributed by atoms with Crippen molar-refractivity contribution >= 4 is 12.0 Å². The molecule has 2 amide bonds. The van der Waals surface area contributed by atoms with Crippen LogP contribution >= 0.6 is 0 Å². The van der Waals surface area contributed by atoms with E-state index < -0.39 is 18.0 Å². The maximum atomic E-state index is 11.8. The van der Waals surface area contributed by atoms with E-state index in [1.54, 1.807) is 30.3 Å². The molecule has 0 aliphatic rings. The third kappa shape index (κ3) is 4.64. The summed E-state index contributed by atoms with van der Waals surface area (Å²) in [6, 6.07) is 9.50. The number of hydrogen-bond acceptors (Lipinski definition) is 4. The van der Waals surface area contributed by atoms with Crippen LogP contribution < -0.4 is 10.6 Å². The van der Waals surface area contributed by atoms with Gasteiger partial charge >= 0.3 is 12.0 Å². The van der Waals surface area contributed by atoms with E-state index in [4.69, 9.17) is 9.63 Å². The molecule has 1 unspecified atom stereocenters. The van der Waals surface area contributed by atoms with Crippen LogP contribution in [0.15, 0.2) is 47.1 Å². The summed E-state index contributed by atoms with van der Waals surface area (Å²) < 4.78 is 4.85. The van der Waals surface area contributed by atoms with Gasteiger partial charge in [-0.05, 0) is 5.56 Å². The maximum absolute atomic E-state index is 11.8. The maximum Gasteiger partial charge on any atom is 0.315 e. The van der Waals surface area contributed by atoms with E-state index in [1.807, 2.05) is 6.07 Å². The average molecular weight is 289 g/mol. The molecule has 3 N–H and O–H groups in total. The molecule has 0 spiro atoms. The summed E-state index contributed by atoms with van der Waals surface area (Å²) in [5.41, 5.74) is 0.731. The molecule has 1 atom stereocenters. The molecule has 1 aromatic heterocycles. The van der Waals surface area contributed by atoms with Crippen LogP contribution in [0.5, 0.6) is 0 Å². The fraction of sp³-hybridized carbons (Fsp3) is 0.214. The Kier molecular flexibility index (Phi) is 4.92. The third-order valence-electron chi connectivity index (χ3n) is 2.80. The predicted octanol–water partition coefficient (Wildman–Crippen LogP) is 1.69. The second-order valence-electron chi connectivity index (χ2n) is 4.37. The number of carboxylic acid groups (broad SMARTS) is 1. The number of benzene rings is 1. The molecule has 21 heavy (non-hydrogen) atoms. The number of urea groups is 1. The molecule has 0 bridgehead atoms. The summed E-state index contributed by atoms with van der Waals surface area (Å²) >= 11 is 0. The summed E-state index contributed by atoms with van der Waals surface area (Å²) in [5.74, 6) is -0.473. The number of hydrogen-bond donors (Lipinski definition) is 3. The molecule has 0 aliphatic carbocycles. The Balaban J connectivity index is 1.94. The first-order chi connectivity index (χ1) is 10.1. The predicted molar refractivity (Wildman–Crippen MR) is 73.3 cm³/mol. The molecule has 0 saturated heterocycles. The fourth-order valence-electron chi connectivity index (χ4n) is 1.82. The fourth-order valence-corrected chi connectivity index (χ4v) is 1.82. The van der Waals surface area contributed by atoms with E-state index in [0.717, 1.165) is 5.56 Å². The molecule has 110 valence electrons. The Hall–Kier alpha value is -2.83. The zero-order valence-electron chi connectivity index (χ0n) is 11.2. The summed E-state index contributed by atoms with van der Waals surface area (Å²) in [5, 5.41) is 17.7. The van der Waals surface area contributed by atoms with Crippen molar-refractivity contribution in [1.82, 2.24) is 15.8 Å². The minimum Gasteiger partial charge on any atom is -0.481 e. The van der Waals surface area contributed by atoms with E-state index in [9.17, 15) is 9.59 Å². The first kappa shape index (κ1) is 14.6. The second-order valence-corrected chi connectivity index (χ2v) is 4.37. The lowest BCUT2D eigenvalue weighted by Gasteiger charge is -2.17. The van der Waals surface area contributed by atoms with Gasteiger partial charge in [0.15, 0.2) is 5.76 Å². The minimum absolute atomic E-state index is 0.181. The molecular weight excluding hydrogens is 274 g/mol. The molecule has 1 heterocycles. The Bertz CT molecular complexity index is 584. The van der Waals surface area contributed by atoms with Crippen LogP contribution in [-0.4, -0.2) is 22.3 Å². The number of amides is 2.